The average molecular weight is 426 g/mol. The van der Waals surface area contributed by atoms with Gasteiger partial charge in [0.2, 0.25) is 0 Å². The molecule has 1 aliphatic heterocycles. The predicted molar refractivity (Wildman–Crippen MR) is 99.6 cm³/mol. The van der Waals surface area contributed by atoms with Crippen LogP contribution in [-0.4, -0.2) is 29.4 Å². The number of allylic oxidation sites excluding steroid dienone is 1. The van der Waals surface area contributed by atoms with Crippen molar-refractivity contribution in [3.63, 3.8) is 0 Å². The lowest BCUT2D eigenvalue weighted by Gasteiger charge is -2.42. The highest BCUT2D eigenvalue weighted by Gasteiger charge is 2.54. The topological polar surface area (TPSA) is 76.0 Å². The van der Waals surface area contributed by atoms with Crippen LogP contribution in [0.5, 0.6) is 0 Å². The molecule has 0 aromatic heterocycles. The van der Waals surface area contributed by atoms with Crippen LogP contribution in [-0.2, 0) is 19.7 Å². The predicted octanol–water partition coefficient (Wildman–Crippen LogP) is 4.25. The lowest BCUT2D eigenvalue weighted by molar-refractivity contribution is -0.143. The summed E-state index contributed by atoms with van der Waals surface area (Å²) in [5.74, 6) is -3.59. The molecule has 2 unspecified atom stereocenters. The minimum absolute atomic E-state index is 0.0982. The van der Waals surface area contributed by atoms with Crippen molar-refractivity contribution in [3.05, 3.63) is 45.3 Å². The second kappa shape index (κ2) is 7.70. The number of hydrogen-bond donors (Lipinski definition) is 1. The van der Waals surface area contributed by atoms with Crippen molar-refractivity contribution in [2.45, 2.75) is 39.5 Å². The SMILES string of the molecule is CCOC(=O)C1=C(C)N=C(C)C(C(=O)O)C1(CC)c1ccc(Br)cc1F. The first kappa shape index (κ1) is 20.3. The van der Waals surface area contributed by atoms with Crippen molar-refractivity contribution in [3.8, 4) is 0 Å². The van der Waals surface area contributed by atoms with E-state index in [1.165, 1.54) is 12.1 Å². The van der Waals surface area contributed by atoms with E-state index in [9.17, 15) is 19.1 Å². The average Bonchev–Trinajstić information content (AvgIpc) is 2.53. The summed E-state index contributed by atoms with van der Waals surface area (Å²) < 4.78 is 20.6. The number of aliphatic imine (C=N–C) groups is 1. The minimum atomic E-state index is -1.40. The van der Waals surface area contributed by atoms with E-state index in [4.69, 9.17) is 4.74 Å². The summed E-state index contributed by atoms with van der Waals surface area (Å²) in [5.41, 5.74) is -0.484. The molecule has 0 bridgehead atoms. The van der Waals surface area contributed by atoms with E-state index in [0.29, 0.717) is 15.9 Å². The van der Waals surface area contributed by atoms with Gasteiger partial charge in [-0.1, -0.05) is 28.9 Å². The summed E-state index contributed by atoms with van der Waals surface area (Å²) in [5, 5.41) is 9.91. The highest BCUT2D eigenvalue weighted by Crippen LogP contribution is 2.49. The lowest BCUT2D eigenvalue weighted by Crippen LogP contribution is -2.50. The Morgan fingerprint density at radius 3 is 2.50 bits per heavy atom. The van der Waals surface area contributed by atoms with Crippen LogP contribution in [0, 0.1) is 11.7 Å². The monoisotopic (exact) mass is 425 g/mol. The van der Waals surface area contributed by atoms with Gasteiger partial charge in [-0.2, -0.15) is 0 Å². The minimum Gasteiger partial charge on any atom is -0.481 e. The van der Waals surface area contributed by atoms with E-state index >= 15 is 0 Å². The fourth-order valence-corrected chi connectivity index (χ4v) is 4.18. The van der Waals surface area contributed by atoms with E-state index in [1.807, 2.05) is 0 Å². The molecule has 140 valence electrons. The Morgan fingerprint density at radius 2 is 2.00 bits per heavy atom. The number of ether oxygens (including phenoxy) is 1. The molecule has 0 aliphatic carbocycles. The van der Waals surface area contributed by atoms with Crippen LogP contribution < -0.4 is 0 Å². The number of benzene rings is 1. The largest absolute Gasteiger partial charge is 0.481 e. The van der Waals surface area contributed by atoms with Gasteiger partial charge < -0.3 is 9.84 Å². The molecule has 2 atom stereocenters. The Kier molecular flexibility index (Phi) is 6.01. The number of halogens is 2. The molecule has 0 saturated carbocycles. The number of aliphatic carboxylic acids is 1. The highest BCUT2D eigenvalue weighted by molar-refractivity contribution is 9.10. The van der Waals surface area contributed by atoms with Gasteiger partial charge in [0.1, 0.15) is 11.7 Å². The van der Waals surface area contributed by atoms with Gasteiger partial charge in [0.25, 0.3) is 0 Å². The van der Waals surface area contributed by atoms with Crippen molar-refractivity contribution >= 4 is 33.6 Å². The quantitative estimate of drug-likeness (QED) is 0.715. The number of esters is 1. The number of carboxylic acids is 1. The van der Waals surface area contributed by atoms with Crippen LogP contribution >= 0.6 is 15.9 Å². The standard InChI is InChI=1S/C19H21BrFNO4/c1-5-19(13-8-7-12(20)9-14(13)21)15(17(23)24)10(3)22-11(4)16(19)18(25)26-6-2/h7-9,15H,5-6H2,1-4H3,(H,23,24). The molecule has 5 nitrogen and oxygen atoms in total. The molecule has 1 heterocycles. The van der Waals surface area contributed by atoms with Crippen LogP contribution in [0.3, 0.4) is 0 Å². The zero-order valence-corrected chi connectivity index (χ0v) is 16.7. The van der Waals surface area contributed by atoms with E-state index < -0.39 is 29.1 Å². The summed E-state index contributed by atoms with van der Waals surface area (Å²) in [6, 6.07) is 4.42. The number of carboxylic acid groups (broad SMARTS) is 1. The van der Waals surface area contributed by atoms with Crippen LogP contribution in [0.25, 0.3) is 0 Å². The van der Waals surface area contributed by atoms with Crippen molar-refractivity contribution in [2.75, 3.05) is 6.61 Å². The molecule has 0 amide bonds. The van der Waals surface area contributed by atoms with E-state index in [-0.39, 0.29) is 24.2 Å². The molecule has 1 aromatic carbocycles. The number of carbonyl (C=O) groups excluding carboxylic acids is 1. The van der Waals surface area contributed by atoms with Crippen molar-refractivity contribution in [1.29, 1.82) is 0 Å². The maximum Gasteiger partial charge on any atom is 0.336 e. The van der Waals surface area contributed by atoms with Gasteiger partial charge in [0.05, 0.1) is 17.6 Å². The second-order valence-corrected chi connectivity index (χ2v) is 7.07. The Bertz CT molecular complexity index is 818. The third-order valence-corrected chi connectivity index (χ3v) is 5.25. The Morgan fingerprint density at radius 1 is 1.35 bits per heavy atom. The molecule has 26 heavy (non-hydrogen) atoms. The molecule has 0 fully saturated rings. The molecular weight excluding hydrogens is 405 g/mol. The first-order valence-corrected chi connectivity index (χ1v) is 9.11. The molecule has 2 rings (SSSR count). The first-order chi connectivity index (χ1) is 12.2. The van der Waals surface area contributed by atoms with Gasteiger partial charge in [-0.3, -0.25) is 9.79 Å². The van der Waals surface area contributed by atoms with Gasteiger partial charge in [0, 0.05) is 21.4 Å². The van der Waals surface area contributed by atoms with Gasteiger partial charge >= 0.3 is 11.9 Å². The summed E-state index contributed by atoms with van der Waals surface area (Å²) in [6.45, 7) is 6.73. The summed E-state index contributed by atoms with van der Waals surface area (Å²) >= 11 is 3.21. The lowest BCUT2D eigenvalue weighted by atomic mass is 9.60. The zero-order chi connectivity index (χ0) is 19.6. The Balaban J connectivity index is 2.90. The molecule has 1 aromatic rings. The van der Waals surface area contributed by atoms with Gasteiger partial charge in [0.15, 0.2) is 0 Å². The normalized spacial score (nSPS) is 22.8. The number of nitrogens with zero attached hydrogens (tertiary/aromatic N) is 1. The van der Waals surface area contributed by atoms with E-state index in [2.05, 4.69) is 20.9 Å². The van der Waals surface area contributed by atoms with Crippen molar-refractivity contribution < 1.29 is 23.8 Å². The summed E-state index contributed by atoms with van der Waals surface area (Å²) in [7, 11) is 0. The van der Waals surface area contributed by atoms with Gasteiger partial charge in [-0.25, -0.2) is 9.18 Å². The Hall–Kier alpha value is -2.02. The molecule has 0 saturated heterocycles. The first-order valence-electron chi connectivity index (χ1n) is 8.32. The molecule has 7 heteroatoms. The van der Waals surface area contributed by atoms with Crippen LogP contribution in [0.15, 0.2) is 38.9 Å². The van der Waals surface area contributed by atoms with E-state index in [1.54, 1.807) is 33.8 Å². The third-order valence-electron chi connectivity index (χ3n) is 4.76. The van der Waals surface area contributed by atoms with Crippen molar-refractivity contribution in [2.24, 2.45) is 10.9 Å². The number of rotatable bonds is 5. The van der Waals surface area contributed by atoms with Crippen LogP contribution in [0.2, 0.25) is 0 Å². The van der Waals surface area contributed by atoms with E-state index in [0.717, 1.165) is 0 Å². The number of carbonyl (C=O) groups is 2. The third kappa shape index (κ3) is 3.20. The summed E-state index contributed by atoms with van der Waals surface area (Å²) in [6.07, 6.45) is 0.195. The fraction of sp³-hybridized carbons (Fsp3) is 0.421. The van der Waals surface area contributed by atoms with Gasteiger partial charge in [-0.15, -0.1) is 0 Å². The zero-order valence-electron chi connectivity index (χ0n) is 15.1. The van der Waals surface area contributed by atoms with Crippen LogP contribution in [0.4, 0.5) is 4.39 Å². The molecule has 1 N–H and O–H groups in total. The molecule has 0 spiro atoms. The fourth-order valence-electron chi connectivity index (χ4n) is 3.84. The maximum atomic E-state index is 14.9. The second-order valence-electron chi connectivity index (χ2n) is 6.15. The van der Waals surface area contributed by atoms with Crippen molar-refractivity contribution in [1.82, 2.24) is 0 Å². The van der Waals surface area contributed by atoms with Gasteiger partial charge in [-0.05, 0) is 39.3 Å². The Labute approximate surface area is 160 Å². The molecular formula is C19H21BrFNO4. The highest BCUT2D eigenvalue weighted by atomic mass is 79.9. The smallest absolute Gasteiger partial charge is 0.336 e. The number of hydrogen-bond acceptors (Lipinski definition) is 4. The van der Waals surface area contributed by atoms with Crippen LogP contribution in [0.1, 0.15) is 39.7 Å². The molecule has 0 radical (unpaired) electrons. The molecule has 1 aliphatic rings. The summed E-state index contributed by atoms with van der Waals surface area (Å²) in [4.78, 5) is 29.1. The maximum absolute atomic E-state index is 14.9.